The van der Waals surface area contributed by atoms with Crippen LogP contribution in [0.4, 0.5) is 0 Å². The molecule has 0 aliphatic rings. The SMILES string of the molecule is CCC(NC[C@@H](C)O)c1cccs1. The van der Waals surface area contributed by atoms with E-state index in [-0.39, 0.29) is 6.10 Å². The van der Waals surface area contributed by atoms with Gasteiger partial charge in [0.1, 0.15) is 0 Å². The van der Waals surface area contributed by atoms with Crippen LogP contribution < -0.4 is 5.32 Å². The highest BCUT2D eigenvalue weighted by Crippen LogP contribution is 2.21. The number of aliphatic hydroxyl groups excluding tert-OH is 1. The lowest BCUT2D eigenvalue weighted by Gasteiger charge is -2.16. The van der Waals surface area contributed by atoms with Gasteiger partial charge in [-0.3, -0.25) is 0 Å². The number of nitrogens with one attached hydrogen (secondary N) is 1. The highest BCUT2D eigenvalue weighted by atomic mass is 32.1. The molecule has 2 nitrogen and oxygen atoms in total. The van der Waals surface area contributed by atoms with E-state index in [9.17, 15) is 0 Å². The van der Waals surface area contributed by atoms with E-state index in [0.29, 0.717) is 12.6 Å². The summed E-state index contributed by atoms with van der Waals surface area (Å²) in [6, 6.07) is 4.59. The Bertz CT molecular complexity index is 221. The molecule has 2 atom stereocenters. The lowest BCUT2D eigenvalue weighted by atomic mass is 10.2. The van der Waals surface area contributed by atoms with Crippen molar-refractivity contribution in [1.29, 1.82) is 0 Å². The van der Waals surface area contributed by atoms with Gasteiger partial charge in [-0.1, -0.05) is 13.0 Å². The average Bonchev–Trinajstić information content (AvgIpc) is 2.58. The molecule has 0 bridgehead atoms. The molecule has 1 unspecified atom stereocenters. The summed E-state index contributed by atoms with van der Waals surface area (Å²) in [4.78, 5) is 1.35. The Labute approximate surface area is 83.6 Å². The molecule has 0 saturated heterocycles. The van der Waals surface area contributed by atoms with E-state index < -0.39 is 0 Å². The first-order valence-electron chi connectivity index (χ1n) is 4.69. The molecule has 3 heteroatoms. The van der Waals surface area contributed by atoms with Crippen LogP contribution in [-0.4, -0.2) is 17.8 Å². The molecule has 2 N–H and O–H groups in total. The third-order valence-electron chi connectivity index (χ3n) is 1.95. The zero-order valence-electron chi connectivity index (χ0n) is 8.16. The second-order valence-corrected chi connectivity index (χ2v) is 4.21. The molecule has 0 spiro atoms. The highest BCUT2D eigenvalue weighted by molar-refractivity contribution is 7.10. The molecule has 0 aromatic carbocycles. The topological polar surface area (TPSA) is 32.3 Å². The minimum atomic E-state index is -0.269. The van der Waals surface area contributed by atoms with Crippen LogP contribution in [0.1, 0.15) is 31.2 Å². The standard InChI is InChI=1S/C10H17NOS/c1-3-9(11-7-8(2)12)10-5-4-6-13-10/h4-6,8-9,11-12H,3,7H2,1-2H3/t8-,9?/m1/s1. The minimum absolute atomic E-state index is 0.269. The Hall–Kier alpha value is -0.380. The monoisotopic (exact) mass is 199 g/mol. The maximum Gasteiger partial charge on any atom is 0.0636 e. The number of hydrogen-bond donors (Lipinski definition) is 2. The van der Waals surface area contributed by atoms with Gasteiger partial charge < -0.3 is 10.4 Å². The van der Waals surface area contributed by atoms with Gasteiger partial charge in [0.05, 0.1) is 6.10 Å². The number of rotatable bonds is 5. The molecule has 1 aromatic heterocycles. The summed E-state index contributed by atoms with van der Waals surface area (Å²) in [5, 5.41) is 14.6. The number of thiophene rings is 1. The van der Waals surface area contributed by atoms with Crippen LogP contribution in [0, 0.1) is 0 Å². The fourth-order valence-corrected chi connectivity index (χ4v) is 2.13. The van der Waals surface area contributed by atoms with Gasteiger partial charge in [0.15, 0.2) is 0 Å². The van der Waals surface area contributed by atoms with E-state index in [2.05, 4.69) is 29.8 Å². The molecular weight excluding hydrogens is 182 g/mol. The molecular formula is C10H17NOS. The third-order valence-corrected chi connectivity index (χ3v) is 2.94. The van der Waals surface area contributed by atoms with Crippen molar-refractivity contribution in [3.63, 3.8) is 0 Å². The van der Waals surface area contributed by atoms with Gasteiger partial charge in [-0.2, -0.15) is 0 Å². The molecule has 13 heavy (non-hydrogen) atoms. The molecule has 0 aliphatic carbocycles. The van der Waals surface area contributed by atoms with Crippen molar-refractivity contribution in [2.75, 3.05) is 6.54 Å². The Kier molecular flexibility index (Phi) is 4.42. The summed E-state index contributed by atoms with van der Waals surface area (Å²) >= 11 is 1.76. The van der Waals surface area contributed by atoms with E-state index in [1.165, 1.54) is 4.88 Å². The fourth-order valence-electron chi connectivity index (χ4n) is 1.25. The van der Waals surface area contributed by atoms with E-state index in [1.54, 1.807) is 18.3 Å². The summed E-state index contributed by atoms with van der Waals surface area (Å²) in [7, 11) is 0. The lowest BCUT2D eigenvalue weighted by Crippen LogP contribution is -2.27. The van der Waals surface area contributed by atoms with Gasteiger partial charge in [-0.05, 0) is 24.8 Å². The number of aliphatic hydroxyl groups is 1. The van der Waals surface area contributed by atoms with E-state index in [0.717, 1.165) is 6.42 Å². The van der Waals surface area contributed by atoms with E-state index in [4.69, 9.17) is 5.11 Å². The Morgan fingerprint density at radius 2 is 2.38 bits per heavy atom. The summed E-state index contributed by atoms with van der Waals surface area (Å²) in [5.41, 5.74) is 0. The van der Waals surface area contributed by atoms with Crippen LogP contribution in [0.25, 0.3) is 0 Å². The van der Waals surface area contributed by atoms with Crippen molar-refractivity contribution in [2.45, 2.75) is 32.4 Å². The molecule has 0 saturated carbocycles. The summed E-state index contributed by atoms with van der Waals surface area (Å²) in [6.45, 7) is 4.62. The maximum atomic E-state index is 9.14. The van der Waals surface area contributed by atoms with Gasteiger partial charge in [0.2, 0.25) is 0 Å². The van der Waals surface area contributed by atoms with Gasteiger partial charge in [-0.25, -0.2) is 0 Å². The lowest BCUT2D eigenvalue weighted by molar-refractivity contribution is 0.186. The zero-order valence-corrected chi connectivity index (χ0v) is 8.97. The largest absolute Gasteiger partial charge is 0.392 e. The van der Waals surface area contributed by atoms with Crippen LogP contribution in [0.5, 0.6) is 0 Å². The first-order valence-corrected chi connectivity index (χ1v) is 5.56. The second kappa shape index (κ2) is 5.37. The molecule has 1 aromatic rings. The smallest absolute Gasteiger partial charge is 0.0636 e. The summed E-state index contributed by atoms with van der Waals surface area (Å²) in [5.74, 6) is 0. The van der Waals surface area contributed by atoms with Crippen molar-refractivity contribution in [1.82, 2.24) is 5.32 Å². The number of hydrogen-bond acceptors (Lipinski definition) is 3. The van der Waals surface area contributed by atoms with E-state index >= 15 is 0 Å². The molecule has 0 fully saturated rings. The van der Waals surface area contributed by atoms with Crippen molar-refractivity contribution in [3.8, 4) is 0 Å². The van der Waals surface area contributed by atoms with Crippen molar-refractivity contribution >= 4 is 11.3 Å². The quantitative estimate of drug-likeness (QED) is 0.761. The van der Waals surface area contributed by atoms with Crippen LogP contribution in [0.2, 0.25) is 0 Å². The van der Waals surface area contributed by atoms with Crippen LogP contribution in [-0.2, 0) is 0 Å². The Morgan fingerprint density at radius 3 is 2.85 bits per heavy atom. The molecule has 1 heterocycles. The second-order valence-electron chi connectivity index (χ2n) is 3.23. The Balaban J connectivity index is 2.44. The van der Waals surface area contributed by atoms with Crippen molar-refractivity contribution in [3.05, 3.63) is 22.4 Å². The maximum absolute atomic E-state index is 9.14. The molecule has 0 amide bonds. The normalized spacial score (nSPS) is 15.6. The predicted molar refractivity (Wildman–Crippen MR) is 57.0 cm³/mol. The van der Waals surface area contributed by atoms with Gasteiger partial charge >= 0.3 is 0 Å². The summed E-state index contributed by atoms with van der Waals surface area (Å²) in [6.07, 6.45) is 0.793. The van der Waals surface area contributed by atoms with Crippen LogP contribution in [0.15, 0.2) is 17.5 Å². The molecule has 74 valence electrons. The van der Waals surface area contributed by atoms with Gasteiger partial charge in [0, 0.05) is 17.5 Å². The van der Waals surface area contributed by atoms with Crippen molar-refractivity contribution < 1.29 is 5.11 Å². The fraction of sp³-hybridized carbons (Fsp3) is 0.600. The predicted octanol–water partition coefficient (Wildman–Crippen LogP) is 2.17. The third kappa shape index (κ3) is 3.46. The first kappa shape index (κ1) is 10.7. The van der Waals surface area contributed by atoms with Gasteiger partial charge in [-0.15, -0.1) is 11.3 Å². The molecule has 0 radical (unpaired) electrons. The molecule has 0 aliphatic heterocycles. The van der Waals surface area contributed by atoms with E-state index in [1.807, 2.05) is 0 Å². The van der Waals surface area contributed by atoms with Gasteiger partial charge in [0.25, 0.3) is 0 Å². The Morgan fingerprint density at radius 1 is 1.62 bits per heavy atom. The molecule has 1 rings (SSSR count). The average molecular weight is 199 g/mol. The highest BCUT2D eigenvalue weighted by Gasteiger charge is 2.09. The first-order chi connectivity index (χ1) is 6.24. The van der Waals surface area contributed by atoms with Crippen LogP contribution >= 0.6 is 11.3 Å². The van der Waals surface area contributed by atoms with Crippen molar-refractivity contribution in [2.24, 2.45) is 0 Å². The van der Waals surface area contributed by atoms with Crippen LogP contribution in [0.3, 0.4) is 0 Å². The zero-order chi connectivity index (χ0) is 9.68. The summed E-state index contributed by atoms with van der Waals surface area (Å²) < 4.78 is 0. The minimum Gasteiger partial charge on any atom is -0.392 e.